The summed E-state index contributed by atoms with van der Waals surface area (Å²) in [6, 6.07) is 23.0. The highest BCUT2D eigenvalue weighted by Crippen LogP contribution is 2.42. The highest BCUT2D eigenvalue weighted by atomic mass is 32.2. The number of hydrogen-bond donors (Lipinski definition) is 4. The molecule has 498 valence electrons. The molecule has 0 saturated heterocycles. The number of aromatic hydroxyl groups is 1. The van der Waals surface area contributed by atoms with Crippen molar-refractivity contribution in [3.8, 4) is 28.2 Å². The number of carbonyl (C=O) groups is 4. The molecule has 5 rings (SSSR count). The van der Waals surface area contributed by atoms with Crippen LogP contribution >= 0.6 is 11.8 Å². The molecule has 2 aliphatic rings. The van der Waals surface area contributed by atoms with Crippen molar-refractivity contribution in [3.63, 3.8) is 0 Å². The van der Waals surface area contributed by atoms with Crippen molar-refractivity contribution in [3.05, 3.63) is 112 Å². The first-order valence-electron chi connectivity index (χ1n) is 36.2. The van der Waals surface area contributed by atoms with Crippen LogP contribution < -0.4 is 16.1 Å². The van der Waals surface area contributed by atoms with Gasteiger partial charge in [-0.1, -0.05) is 281 Å². The van der Waals surface area contributed by atoms with E-state index in [1.54, 1.807) is 36.0 Å². The summed E-state index contributed by atoms with van der Waals surface area (Å²) in [4.78, 5) is 68.0. The highest BCUT2D eigenvalue weighted by molar-refractivity contribution is 8.00. The molecule has 1 aliphatic carbocycles. The first-order valence-corrected chi connectivity index (χ1v) is 37.2. The maximum Gasteiger partial charge on any atom is 0.336 e. The van der Waals surface area contributed by atoms with Crippen molar-refractivity contribution in [2.24, 2.45) is 0 Å². The van der Waals surface area contributed by atoms with Crippen LogP contribution in [-0.4, -0.2) is 70.7 Å². The van der Waals surface area contributed by atoms with E-state index in [0.717, 1.165) is 75.8 Å². The van der Waals surface area contributed by atoms with Crippen LogP contribution in [0.3, 0.4) is 0 Å². The number of rotatable bonds is 54. The quantitative estimate of drug-likeness (QED) is 0.0219. The summed E-state index contributed by atoms with van der Waals surface area (Å²) >= 11 is 1.63. The fraction of sp³-hybridized carbons (Fsp3) is 0.628. The fourth-order valence-electron chi connectivity index (χ4n) is 12.6. The van der Waals surface area contributed by atoms with Gasteiger partial charge in [-0.15, -0.1) is 11.8 Å². The molecule has 90 heavy (non-hydrogen) atoms. The van der Waals surface area contributed by atoms with Crippen LogP contribution in [0.5, 0.6) is 5.75 Å². The second-order valence-electron chi connectivity index (χ2n) is 25.7. The predicted molar refractivity (Wildman–Crippen MR) is 377 cm³/mol. The number of aromatic carboxylic acids is 1. The number of thioether (sulfide) groups is 1. The average molecular weight is 1260 g/mol. The normalized spacial score (nSPS) is 11.8. The van der Waals surface area contributed by atoms with Crippen LogP contribution in [0.2, 0.25) is 0 Å². The molecule has 0 radical (unpaired) electrons. The van der Waals surface area contributed by atoms with Crippen molar-refractivity contribution in [1.82, 2.24) is 15.5 Å². The molecule has 0 fully saturated rings. The van der Waals surface area contributed by atoms with Crippen molar-refractivity contribution in [2.45, 2.75) is 282 Å². The Morgan fingerprint density at radius 3 is 1.48 bits per heavy atom. The number of phenols is 1. The van der Waals surface area contributed by atoms with Crippen LogP contribution in [0.4, 0.5) is 0 Å². The first kappa shape index (κ1) is 75.1. The molecule has 3 aromatic rings. The fourth-order valence-corrected chi connectivity index (χ4v) is 13.8. The topological polar surface area (TPSA) is 166 Å². The van der Waals surface area contributed by atoms with Crippen LogP contribution in [0.1, 0.15) is 309 Å². The number of carboxylic acid groups (broad SMARTS) is 1. The maximum absolute atomic E-state index is 13.7. The van der Waals surface area contributed by atoms with E-state index in [0.29, 0.717) is 34.4 Å². The molecular weight excluding hydrogens is 1140 g/mol. The Kier molecular flexibility index (Phi) is 39.5. The Balaban J connectivity index is 0.954. The molecule has 0 bridgehead atoms. The van der Waals surface area contributed by atoms with E-state index >= 15 is 0 Å². The molecule has 3 amide bonds. The van der Waals surface area contributed by atoms with Gasteiger partial charge in [-0.05, 0) is 79.0 Å². The van der Waals surface area contributed by atoms with Gasteiger partial charge in [0.25, 0.3) is 5.91 Å². The molecule has 0 aromatic heterocycles. The van der Waals surface area contributed by atoms with E-state index in [1.165, 1.54) is 236 Å². The molecule has 1 atom stereocenters. The first-order chi connectivity index (χ1) is 44.1. The SMILES string of the molecule is CCCCCCCCCCCCCCCCCCN(CCCCCCCCCCCCCCCCCC)C(=O)CCCCCCCCCCSC(C(=O)NCCNC(=O)c1ccc(-c2c3ccc(=O)cc-3oc3cc(O)ccc23)c(C(=O)O)c1)c1ccccc1. The lowest BCUT2D eigenvalue weighted by molar-refractivity contribution is -0.131. The molecule has 1 unspecified atom stereocenters. The second kappa shape index (κ2) is 47.3. The van der Waals surface area contributed by atoms with Crippen molar-refractivity contribution in [1.29, 1.82) is 0 Å². The molecule has 4 N–H and O–H groups in total. The van der Waals surface area contributed by atoms with E-state index in [-0.39, 0.29) is 52.6 Å². The largest absolute Gasteiger partial charge is 0.508 e. The minimum absolute atomic E-state index is 0.0535. The number of phenolic OH excluding ortho intramolecular Hbond substituents is 1. The second-order valence-corrected chi connectivity index (χ2v) is 26.9. The van der Waals surface area contributed by atoms with Gasteiger partial charge >= 0.3 is 5.97 Å². The van der Waals surface area contributed by atoms with Gasteiger partial charge in [0, 0.05) is 66.8 Å². The summed E-state index contributed by atoms with van der Waals surface area (Å²) in [6.45, 7) is 6.75. The van der Waals surface area contributed by atoms with Gasteiger partial charge < -0.3 is 30.2 Å². The number of unbranched alkanes of at least 4 members (excludes halogenated alkanes) is 37. The van der Waals surface area contributed by atoms with Crippen LogP contribution in [-0.2, 0) is 9.59 Å². The van der Waals surface area contributed by atoms with Gasteiger partial charge in [-0.2, -0.15) is 0 Å². The predicted octanol–water partition coefficient (Wildman–Crippen LogP) is 21.2. The third-order valence-electron chi connectivity index (χ3n) is 18.0. The number of nitrogens with one attached hydrogen (secondary N) is 2. The lowest BCUT2D eigenvalue weighted by Gasteiger charge is -2.23. The summed E-state index contributed by atoms with van der Waals surface area (Å²) in [5.74, 6) is -0.482. The third-order valence-corrected chi connectivity index (χ3v) is 19.3. The summed E-state index contributed by atoms with van der Waals surface area (Å²) < 4.78 is 5.94. The molecule has 0 spiro atoms. The lowest BCUT2D eigenvalue weighted by atomic mass is 9.90. The lowest BCUT2D eigenvalue weighted by Crippen LogP contribution is -2.36. The Bertz CT molecular complexity index is 2740. The molecular formula is C78H117N3O8S. The Labute approximate surface area is 547 Å². The molecule has 11 nitrogen and oxygen atoms in total. The minimum Gasteiger partial charge on any atom is -0.508 e. The van der Waals surface area contributed by atoms with Crippen molar-refractivity contribution >= 4 is 46.4 Å². The zero-order chi connectivity index (χ0) is 64.1. The molecule has 1 aliphatic heterocycles. The van der Waals surface area contributed by atoms with Gasteiger partial charge in [0.2, 0.25) is 11.8 Å². The number of carboxylic acids is 1. The van der Waals surface area contributed by atoms with E-state index in [1.807, 2.05) is 30.3 Å². The summed E-state index contributed by atoms with van der Waals surface area (Å²) in [5.41, 5.74) is 2.21. The zero-order valence-corrected chi connectivity index (χ0v) is 56.7. The zero-order valence-electron chi connectivity index (χ0n) is 55.9. The van der Waals surface area contributed by atoms with Gasteiger partial charge in [-0.3, -0.25) is 19.2 Å². The number of benzene rings is 4. The molecule has 1 heterocycles. The van der Waals surface area contributed by atoms with Crippen molar-refractivity contribution < 1.29 is 33.8 Å². The standard InChI is InChI=1S/C78H117N3O8S/c1-3-5-7-9-11-13-15-17-19-21-23-25-28-32-36-43-57-81(58-44-37-33-29-26-24-22-20-18-16-14-12-10-8-6-4-2)73(84)48-42-35-31-27-30-34-38-45-59-90-75(63-46-40-39-41-47-63)77(86)80-56-55-79-76(85)64-49-52-67(70(60-64)78(87)88)74-68-53-50-65(82)61-71(68)89-72-62-66(83)51-54-69(72)74/h39-41,46-47,49-54,60-62,75,82H,3-38,42-45,48,55-59H2,1-2H3,(H,79,85)(H,80,86)(H,87,88). The van der Waals surface area contributed by atoms with Crippen LogP contribution in [0.25, 0.3) is 33.4 Å². The number of nitrogens with zero attached hydrogens (tertiary/aromatic N) is 1. The molecule has 12 heteroatoms. The smallest absolute Gasteiger partial charge is 0.336 e. The van der Waals surface area contributed by atoms with Gasteiger partial charge in [0.05, 0.1) is 5.56 Å². The number of carbonyl (C=O) groups excluding carboxylic acids is 3. The summed E-state index contributed by atoms with van der Waals surface area (Å²) in [5, 5.41) is 26.5. The molecule has 0 saturated carbocycles. The van der Waals surface area contributed by atoms with E-state index < -0.39 is 17.1 Å². The van der Waals surface area contributed by atoms with Crippen molar-refractivity contribution in [2.75, 3.05) is 31.9 Å². The monoisotopic (exact) mass is 1260 g/mol. The van der Waals surface area contributed by atoms with Gasteiger partial charge in [0.1, 0.15) is 22.3 Å². The number of amides is 3. The Morgan fingerprint density at radius 1 is 0.500 bits per heavy atom. The van der Waals surface area contributed by atoms with E-state index in [4.69, 9.17) is 4.42 Å². The Hall–Kier alpha value is -5.62. The Morgan fingerprint density at radius 2 is 0.967 bits per heavy atom. The van der Waals surface area contributed by atoms with Gasteiger partial charge in [0.15, 0.2) is 5.43 Å². The minimum atomic E-state index is -1.25. The van der Waals surface area contributed by atoms with Gasteiger partial charge in [-0.25, -0.2) is 4.79 Å². The van der Waals surface area contributed by atoms with Crippen LogP contribution in [0, 0.1) is 0 Å². The summed E-state index contributed by atoms with van der Waals surface area (Å²) in [6.07, 6.45) is 53.1. The summed E-state index contributed by atoms with van der Waals surface area (Å²) in [7, 11) is 0. The number of fused-ring (bicyclic) bond motifs is 2. The highest BCUT2D eigenvalue weighted by Gasteiger charge is 2.25. The van der Waals surface area contributed by atoms with E-state index in [2.05, 4.69) is 29.4 Å². The third kappa shape index (κ3) is 30.2. The maximum atomic E-state index is 13.7. The van der Waals surface area contributed by atoms with E-state index in [9.17, 15) is 34.2 Å². The van der Waals surface area contributed by atoms with Crippen LogP contribution in [0.15, 0.2) is 94.1 Å². The molecule has 3 aromatic carbocycles. The average Bonchev–Trinajstić information content (AvgIpc) is 0.784. The number of hydrogen-bond acceptors (Lipinski definition) is 8.